The molecule has 0 saturated carbocycles. The van der Waals surface area contributed by atoms with Gasteiger partial charge in [-0.2, -0.15) is 0 Å². The minimum Gasteiger partial charge on any atom is -0.494 e. The van der Waals surface area contributed by atoms with Crippen molar-refractivity contribution >= 4 is 33.0 Å². The minimum atomic E-state index is -3.84. The Morgan fingerprint density at radius 2 is 1.97 bits per heavy atom. The van der Waals surface area contributed by atoms with Crippen LogP contribution in [-0.4, -0.2) is 32.4 Å². The van der Waals surface area contributed by atoms with E-state index in [1.165, 1.54) is 22.6 Å². The fraction of sp³-hybridized carbons (Fsp3) is 0.261. The van der Waals surface area contributed by atoms with Crippen LogP contribution in [0.15, 0.2) is 64.9 Å². The van der Waals surface area contributed by atoms with Gasteiger partial charge < -0.3 is 9.64 Å². The summed E-state index contributed by atoms with van der Waals surface area (Å²) in [6.07, 6.45) is 0.820. The predicted octanol–water partition coefficient (Wildman–Crippen LogP) is 4.71. The number of hydrogen-bond donors (Lipinski definition) is 1. The Morgan fingerprint density at radius 3 is 2.71 bits per heavy atom. The average molecular weight is 457 g/mol. The van der Waals surface area contributed by atoms with E-state index in [1.54, 1.807) is 52.6 Å². The fourth-order valence-corrected chi connectivity index (χ4v) is 5.82. The number of sulfonamides is 1. The van der Waals surface area contributed by atoms with E-state index in [-0.39, 0.29) is 16.8 Å². The van der Waals surface area contributed by atoms with Crippen molar-refractivity contribution < 1.29 is 17.9 Å². The van der Waals surface area contributed by atoms with Gasteiger partial charge in [-0.15, -0.1) is 11.3 Å². The molecular formula is C23H24N2O4S2. The summed E-state index contributed by atoms with van der Waals surface area (Å²) in [5.74, 6) is 0.505. The summed E-state index contributed by atoms with van der Waals surface area (Å²) in [5.41, 5.74) is 1.96. The molecule has 1 N–H and O–H groups in total. The molecular weight excluding hydrogens is 432 g/mol. The van der Waals surface area contributed by atoms with E-state index in [4.69, 9.17) is 4.74 Å². The number of carbonyl (C=O) groups is 1. The number of ether oxygens (including phenoxy) is 1. The summed E-state index contributed by atoms with van der Waals surface area (Å²) in [4.78, 5) is 16.3. The van der Waals surface area contributed by atoms with Gasteiger partial charge in [-0.25, -0.2) is 8.42 Å². The van der Waals surface area contributed by atoms with Crippen LogP contribution in [0.3, 0.4) is 0 Å². The molecule has 31 heavy (non-hydrogen) atoms. The van der Waals surface area contributed by atoms with Crippen LogP contribution >= 0.6 is 11.3 Å². The highest BCUT2D eigenvalue weighted by atomic mass is 32.2. The third-order valence-electron chi connectivity index (χ3n) is 5.35. The first-order valence-corrected chi connectivity index (χ1v) is 12.5. The lowest BCUT2D eigenvalue weighted by atomic mass is 10.0. The van der Waals surface area contributed by atoms with Crippen molar-refractivity contribution in [1.29, 1.82) is 0 Å². The number of hydrogen-bond acceptors (Lipinski definition) is 5. The summed E-state index contributed by atoms with van der Waals surface area (Å²) in [6.45, 7) is 5.05. The van der Waals surface area contributed by atoms with Gasteiger partial charge >= 0.3 is 0 Å². The molecule has 0 radical (unpaired) electrons. The van der Waals surface area contributed by atoms with Crippen molar-refractivity contribution in [3.63, 3.8) is 0 Å². The van der Waals surface area contributed by atoms with Gasteiger partial charge in [0.15, 0.2) is 0 Å². The van der Waals surface area contributed by atoms with Crippen LogP contribution in [0, 0.1) is 0 Å². The second kappa shape index (κ2) is 8.72. The third-order valence-corrected chi connectivity index (χ3v) is 7.72. The number of carbonyl (C=O) groups excluding carboxylic acids is 1. The molecule has 0 aliphatic carbocycles. The Balaban J connectivity index is 1.54. The maximum atomic E-state index is 13.2. The van der Waals surface area contributed by atoms with Crippen molar-refractivity contribution in [3.8, 4) is 5.75 Å². The predicted molar refractivity (Wildman–Crippen MR) is 122 cm³/mol. The summed E-state index contributed by atoms with van der Waals surface area (Å²) in [5, 5.41) is 2.05. The fourth-order valence-electron chi connectivity index (χ4n) is 3.75. The topological polar surface area (TPSA) is 75.7 Å². The number of fused-ring (bicyclic) bond motifs is 1. The van der Waals surface area contributed by atoms with Gasteiger partial charge in [0.1, 0.15) is 5.75 Å². The van der Waals surface area contributed by atoms with Crippen LogP contribution < -0.4 is 9.46 Å². The van der Waals surface area contributed by atoms with E-state index < -0.39 is 10.0 Å². The molecule has 1 aromatic heterocycles. The van der Waals surface area contributed by atoms with Gasteiger partial charge in [0.25, 0.3) is 15.9 Å². The number of rotatable bonds is 6. The van der Waals surface area contributed by atoms with Crippen LogP contribution in [0.5, 0.6) is 5.75 Å². The highest BCUT2D eigenvalue weighted by molar-refractivity contribution is 7.92. The molecule has 2 heterocycles. The van der Waals surface area contributed by atoms with Crippen LogP contribution in [0.4, 0.5) is 5.69 Å². The molecule has 0 bridgehead atoms. The van der Waals surface area contributed by atoms with Crippen molar-refractivity contribution in [3.05, 3.63) is 76.0 Å². The van der Waals surface area contributed by atoms with E-state index in [9.17, 15) is 13.2 Å². The molecule has 0 fully saturated rings. The van der Waals surface area contributed by atoms with E-state index in [2.05, 4.69) is 16.2 Å². The zero-order chi connectivity index (χ0) is 22.0. The number of thiophene rings is 1. The van der Waals surface area contributed by atoms with Crippen molar-refractivity contribution in [1.82, 2.24) is 4.90 Å². The highest BCUT2D eigenvalue weighted by Crippen LogP contribution is 2.34. The zero-order valence-corrected chi connectivity index (χ0v) is 19.0. The van der Waals surface area contributed by atoms with Gasteiger partial charge in [0.2, 0.25) is 0 Å². The third kappa shape index (κ3) is 4.45. The first-order valence-electron chi connectivity index (χ1n) is 10.1. The second-order valence-electron chi connectivity index (χ2n) is 7.31. The van der Waals surface area contributed by atoms with E-state index in [0.717, 1.165) is 6.42 Å². The van der Waals surface area contributed by atoms with Crippen molar-refractivity contribution in [2.24, 2.45) is 0 Å². The normalized spacial score (nSPS) is 15.9. The first-order chi connectivity index (χ1) is 14.9. The van der Waals surface area contributed by atoms with Gasteiger partial charge in [-0.05, 0) is 79.7 Å². The molecule has 2 aromatic carbocycles. The average Bonchev–Trinajstić information content (AvgIpc) is 3.25. The molecule has 1 atom stereocenters. The summed E-state index contributed by atoms with van der Waals surface area (Å²) in [6, 6.07) is 14.9. The highest BCUT2D eigenvalue weighted by Gasteiger charge is 2.29. The van der Waals surface area contributed by atoms with Crippen LogP contribution in [-0.2, 0) is 16.4 Å². The standard InChI is InChI=1S/C23H24N2O4S2/c1-3-29-19-9-7-18(8-10-19)24-31(27,28)20-6-4-5-17(15-20)23(26)25-13-11-22-21(16(25)2)12-14-30-22/h4-10,12,14-16,24H,3,11,13H2,1-2H3/t16-/m1/s1. The summed E-state index contributed by atoms with van der Waals surface area (Å²) < 4.78 is 33.7. The molecule has 3 aromatic rings. The lowest BCUT2D eigenvalue weighted by Crippen LogP contribution is -2.38. The number of nitrogens with one attached hydrogen (secondary N) is 1. The quantitative estimate of drug-likeness (QED) is 0.583. The largest absolute Gasteiger partial charge is 0.494 e. The monoisotopic (exact) mass is 456 g/mol. The van der Waals surface area contributed by atoms with Crippen molar-refractivity contribution in [2.75, 3.05) is 17.9 Å². The zero-order valence-electron chi connectivity index (χ0n) is 17.4. The van der Waals surface area contributed by atoms with E-state index >= 15 is 0 Å². The molecule has 0 saturated heterocycles. The van der Waals surface area contributed by atoms with Crippen LogP contribution in [0.2, 0.25) is 0 Å². The van der Waals surface area contributed by atoms with Gasteiger partial charge in [0, 0.05) is 22.7 Å². The maximum absolute atomic E-state index is 13.2. The molecule has 4 rings (SSSR count). The Bertz CT molecular complexity index is 1190. The Kier molecular flexibility index (Phi) is 6.02. The van der Waals surface area contributed by atoms with Crippen LogP contribution in [0.25, 0.3) is 0 Å². The lowest BCUT2D eigenvalue weighted by molar-refractivity contribution is 0.0679. The second-order valence-corrected chi connectivity index (χ2v) is 10.00. The van der Waals surface area contributed by atoms with E-state index in [1.807, 2.05) is 13.8 Å². The minimum absolute atomic E-state index is 0.0373. The molecule has 1 aliphatic heterocycles. The molecule has 162 valence electrons. The Labute approximate surface area is 186 Å². The Hall–Kier alpha value is -2.84. The summed E-state index contributed by atoms with van der Waals surface area (Å²) in [7, 11) is -3.84. The number of benzene rings is 2. The number of anilines is 1. The smallest absolute Gasteiger partial charge is 0.261 e. The molecule has 0 unspecified atom stereocenters. The lowest BCUT2D eigenvalue weighted by Gasteiger charge is -2.33. The van der Waals surface area contributed by atoms with Crippen molar-refractivity contribution in [2.45, 2.75) is 31.2 Å². The Morgan fingerprint density at radius 1 is 1.19 bits per heavy atom. The van der Waals surface area contributed by atoms with Gasteiger partial charge in [0.05, 0.1) is 17.5 Å². The molecule has 1 amide bonds. The molecule has 6 nitrogen and oxygen atoms in total. The maximum Gasteiger partial charge on any atom is 0.261 e. The number of nitrogens with zero attached hydrogens (tertiary/aromatic N) is 1. The molecule has 0 spiro atoms. The number of amides is 1. The summed E-state index contributed by atoms with van der Waals surface area (Å²) >= 11 is 1.72. The first kappa shape index (κ1) is 21.4. The molecule has 1 aliphatic rings. The van der Waals surface area contributed by atoms with E-state index in [0.29, 0.717) is 30.2 Å². The van der Waals surface area contributed by atoms with Crippen LogP contribution in [0.1, 0.15) is 40.7 Å². The van der Waals surface area contributed by atoms with Gasteiger partial charge in [-0.3, -0.25) is 9.52 Å². The van der Waals surface area contributed by atoms with Gasteiger partial charge in [-0.1, -0.05) is 6.07 Å². The molecule has 8 heteroatoms. The SMILES string of the molecule is CCOc1ccc(NS(=O)(=O)c2cccc(C(=O)N3CCc4sccc4[C@H]3C)c2)cc1.